The smallest absolute Gasteiger partial charge is 0.265 e. The van der Waals surface area contributed by atoms with Crippen LogP contribution in [0.1, 0.15) is 13.3 Å². The average molecular weight is 327 g/mol. The van der Waals surface area contributed by atoms with Crippen LogP contribution in [0.2, 0.25) is 5.02 Å². The molecule has 0 radical (unpaired) electrons. The van der Waals surface area contributed by atoms with E-state index in [1.54, 1.807) is 24.3 Å². The van der Waals surface area contributed by atoms with Gasteiger partial charge in [0.25, 0.3) is 10.0 Å². The second-order valence-corrected chi connectivity index (χ2v) is 6.34. The summed E-state index contributed by atoms with van der Waals surface area (Å²) in [6.45, 7) is 2.74. The molecule has 0 aliphatic carbocycles. The fourth-order valence-electron chi connectivity index (χ4n) is 1.53. The molecule has 112 valence electrons. The molecule has 0 unspecified atom stereocenters. The fourth-order valence-corrected chi connectivity index (χ4v) is 2.74. The van der Waals surface area contributed by atoms with Crippen molar-refractivity contribution in [3.63, 3.8) is 0 Å². The van der Waals surface area contributed by atoms with Gasteiger partial charge in [0, 0.05) is 6.54 Å². The molecule has 0 amide bonds. The number of aromatic nitrogens is 2. The van der Waals surface area contributed by atoms with Crippen molar-refractivity contribution in [3.8, 4) is 0 Å². The maximum atomic E-state index is 12.2. The molecule has 21 heavy (non-hydrogen) atoms. The van der Waals surface area contributed by atoms with Crippen molar-refractivity contribution in [3.05, 3.63) is 41.7 Å². The van der Waals surface area contributed by atoms with Gasteiger partial charge in [0.05, 0.1) is 23.1 Å². The largest absolute Gasteiger partial charge is 0.354 e. The summed E-state index contributed by atoms with van der Waals surface area (Å²) < 4.78 is 26.8. The molecular weight excluding hydrogens is 312 g/mol. The van der Waals surface area contributed by atoms with E-state index >= 15 is 0 Å². The number of benzene rings is 1. The predicted molar refractivity (Wildman–Crippen MR) is 83.1 cm³/mol. The van der Waals surface area contributed by atoms with Crippen LogP contribution in [0.4, 0.5) is 11.6 Å². The van der Waals surface area contributed by atoms with Crippen molar-refractivity contribution < 1.29 is 8.42 Å². The Morgan fingerprint density at radius 1 is 1.19 bits per heavy atom. The lowest BCUT2D eigenvalue weighted by molar-refractivity contribution is 0.600. The summed E-state index contributed by atoms with van der Waals surface area (Å²) in [5, 5.41) is 3.30. The molecule has 6 nitrogen and oxygen atoms in total. The first-order valence-corrected chi connectivity index (χ1v) is 8.22. The van der Waals surface area contributed by atoms with E-state index in [2.05, 4.69) is 20.0 Å². The number of nitrogens with one attached hydrogen (secondary N) is 2. The van der Waals surface area contributed by atoms with E-state index in [-0.39, 0.29) is 4.90 Å². The molecule has 2 aromatic rings. The Labute approximate surface area is 128 Å². The Morgan fingerprint density at radius 2 is 1.86 bits per heavy atom. The third-order valence-electron chi connectivity index (χ3n) is 2.59. The first-order valence-electron chi connectivity index (χ1n) is 6.36. The number of anilines is 2. The molecule has 0 spiro atoms. The highest BCUT2D eigenvalue weighted by Gasteiger charge is 2.16. The van der Waals surface area contributed by atoms with E-state index in [9.17, 15) is 8.42 Å². The van der Waals surface area contributed by atoms with E-state index in [4.69, 9.17) is 11.6 Å². The summed E-state index contributed by atoms with van der Waals surface area (Å²) in [5.41, 5.74) is 0.312. The topological polar surface area (TPSA) is 84.0 Å². The van der Waals surface area contributed by atoms with Crippen LogP contribution in [-0.2, 0) is 10.0 Å². The molecule has 0 aliphatic rings. The number of hydrogen-bond donors (Lipinski definition) is 2. The minimum Gasteiger partial charge on any atom is -0.354 e. The lowest BCUT2D eigenvalue weighted by atomic mass is 10.3. The van der Waals surface area contributed by atoms with E-state index in [1.165, 1.54) is 12.4 Å². The summed E-state index contributed by atoms with van der Waals surface area (Å²) in [6, 6.07) is 6.60. The summed E-state index contributed by atoms with van der Waals surface area (Å²) in [5.74, 6) is 0.397. The molecule has 0 aliphatic heterocycles. The van der Waals surface area contributed by atoms with E-state index < -0.39 is 10.0 Å². The van der Waals surface area contributed by atoms with Crippen molar-refractivity contribution in [1.29, 1.82) is 0 Å². The number of nitrogens with zero attached hydrogens (tertiary/aromatic N) is 2. The highest BCUT2D eigenvalue weighted by atomic mass is 35.5. The van der Waals surface area contributed by atoms with Crippen molar-refractivity contribution >= 4 is 33.3 Å². The van der Waals surface area contributed by atoms with E-state index in [0.717, 1.165) is 13.0 Å². The third kappa shape index (κ3) is 4.05. The third-order valence-corrected chi connectivity index (χ3v) is 4.24. The highest BCUT2D eigenvalue weighted by molar-refractivity contribution is 7.92. The monoisotopic (exact) mass is 326 g/mol. The van der Waals surface area contributed by atoms with E-state index in [1.807, 2.05) is 6.92 Å². The van der Waals surface area contributed by atoms with Gasteiger partial charge in [-0.05, 0) is 18.6 Å². The lowest BCUT2D eigenvalue weighted by Crippen LogP contribution is -2.14. The van der Waals surface area contributed by atoms with Gasteiger partial charge in [-0.1, -0.05) is 30.7 Å². The second kappa shape index (κ2) is 6.73. The van der Waals surface area contributed by atoms with Crippen LogP contribution in [-0.4, -0.2) is 24.9 Å². The summed E-state index contributed by atoms with van der Waals surface area (Å²) in [4.78, 5) is 7.92. The molecule has 1 aromatic carbocycles. The Morgan fingerprint density at radius 3 is 2.48 bits per heavy atom. The van der Waals surface area contributed by atoms with Gasteiger partial charge >= 0.3 is 0 Å². The number of sulfonamides is 1. The van der Waals surface area contributed by atoms with Gasteiger partial charge in [0.2, 0.25) is 5.95 Å². The van der Waals surface area contributed by atoms with Crippen molar-refractivity contribution in [1.82, 2.24) is 9.97 Å². The molecule has 0 saturated carbocycles. The Kier molecular flexibility index (Phi) is 4.98. The number of rotatable bonds is 6. The van der Waals surface area contributed by atoms with Gasteiger partial charge < -0.3 is 5.32 Å². The normalized spacial score (nSPS) is 11.1. The first-order chi connectivity index (χ1) is 10.0. The zero-order valence-corrected chi connectivity index (χ0v) is 12.9. The molecule has 1 aromatic heterocycles. The molecule has 8 heteroatoms. The van der Waals surface area contributed by atoms with Crippen LogP contribution in [0.15, 0.2) is 41.6 Å². The molecule has 2 rings (SSSR count). The van der Waals surface area contributed by atoms with Crippen molar-refractivity contribution in [2.45, 2.75) is 18.2 Å². The standard InChI is InChI=1S/C13H15ClN4O2S/c1-2-7-15-13-16-8-10(9-17-13)21(19,20)18-12-6-4-3-5-11(12)14/h3-6,8-9,18H,2,7H2,1H3,(H,15,16,17). The summed E-state index contributed by atoms with van der Waals surface area (Å²) in [6.07, 6.45) is 3.44. The summed E-state index contributed by atoms with van der Waals surface area (Å²) >= 11 is 5.93. The van der Waals surface area contributed by atoms with E-state index in [0.29, 0.717) is 16.7 Å². The van der Waals surface area contributed by atoms with Gasteiger partial charge in [-0.25, -0.2) is 18.4 Å². The molecule has 0 fully saturated rings. The van der Waals surface area contributed by atoms with Crippen LogP contribution < -0.4 is 10.0 Å². The average Bonchev–Trinajstić information content (AvgIpc) is 2.48. The van der Waals surface area contributed by atoms with Crippen molar-refractivity contribution in [2.75, 3.05) is 16.6 Å². The van der Waals surface area contributed by atoms with Crippen LogP contribution in [0.5, 0.6) is 0 Å². The van der Waals surface area contributed by atoms with Gasteiger partial charge in [-0.15, -0.1) is 0 Å². The summed E-state index contributed by atoms with van der Waals surface area (Å²) in [7, 11) is -3.76. The predicted octanol–water partition coefficient (Wildman–Crippen LogP) is 2.75. The number of hydrogen-bond acceptors (Lipinski definition) is 5. The van der Waals surface area contributed by atoms with Gasteiger partial charge in [0.15, 0.2) is 0 Å². The van der Waals surface area contributed by atoms with Gasteiger partial charge in [0.1, 0.15) is 4.90 Å². The molecular formula is C13H15ClN4O2S. The maximum absolute atomic E-state index is 12.2. The number of para-hydroxylation sites is 1. The maximum Gasteiger partial charge on any atom is 0.265 e. The zero-order valence-electron chi connectivity index (χ0n) is 11.4. The zero-order chi connectivity index (χ0) is 15.3. The molecule has 0 bridgehead atoms. The number of halogens is 1. The Hall–Kier alpha value is -1.86. The Bertz CT molecular complexity index is 704. The van der Waals surface area contributed by atoms with Gasteiger partial charge in [-0.3, -0.25) is 4.72 Å². The van der Waals surface area contributed by atoms with Crippen LogP contribution >= 0.6 is 11.6 Å². The highest BCUT2D eigenvalue weighted by Crippen LogP contribution is 2.23. The second-order valence-electron chi connectivity index (χ2n) is 4.25. The molecule has 0 saturated heterocycles. The SMILES string of the molecule is CCCNc1ncc(S(=O)(=O)Nc2ccccc2Cl)cn1. The Balaban J connectivity index is 2.18. The molecule has 1 heterocycles. The molecule has 2 N–H and O–H groups in total. The quantitative estimate of drug-likeness (QED) is 0.852. The van der Waals surface area contributed by atoms with Gasteiger partial charge in [-0.2, -0.15) is 0 Å². The van der Waals surface area contributed by atoms with Crippen LogP contribution in [0, 0.1) is 0 Å². The minimum absolute atomic E-state index is 0.0236. The van der Waals surface area contributed by atoms with Crippen LogP contribution in [0.3, 0.4) is 0 Å². The van der Waals surface area contributed by atoms with Crippen LogP contribution in [0.25, 0.3) is 0 Å². The molecule has 0 atom stereocenters. The minimum atomic E-state index is -3.76. The first kappa shape index (κ1) is 15.5. The fraction of sp³-hybridized carbons (Fsp3) is 0.231. The lowest BCUT2D eigenvalue weighted by Gasteiger charge is -2.09. The van der Waals surface area contributed by atoms with Crippen molar-refractivity contribution in [2.24, 2.45) is 0 Å².